The molecule has 0 N–H and O–H groups in total. The largest absolute Gasteiger partial charge is 0.380 e. The zero-order valence-corrected chi connectivity index (χ0v) is 10.5. The topological polar surface area (TPSA) is 22.1 Å². The van der Waals surface area contributed by atoms with Gasteiger partial charge in [0.1, 0.15) is 5.01 Å². The van der Waals surface area contributed by atoms with Crippen LogP contribution in [0.1, 0.15) is 11.3 Å². The number of hydrogen-bond acceptors (Lipinski definition) is 3. The van der Waals surface area contributed by atoms with Gasteiger partial charge in [0.15, 0.2) is 0 Å². The van der Waals surface area contributed by atoms with Gasteiger partial charge in [-0.1, -0.05) is 18.2 Å². The van der Waals surface area contributed by atoms with Crippen molar-refractivity contribution in [2.45, 2.75) is 12.5 Å². The molecule has 0 radical (unpaired) electrons. The van der Waals surface area contributed by atoms with Gasteiger partial charge < -0.3 is 4.74 Å². The molecule has 1 heterocycles. The number of hydrogen-bond donors (Lipinski definition) is 0. The van der Waals surface area contributed by atoms with Gasteiger partial charge in [0.25, 0.3) is 0 Å². The van der Waals surface area contributed by atoms with Crippen LogP contribution in [0.15, 0.2) is 29.6 Å². The highest BCUT2D eigenvalue weighted by atomic mass is 35.5. The molecule has 0 atom stereocenters. The first-order chi connectivity index (χ1) is 7.83. The van der Waals surface area contributed by atoms with Crippen LogP contribution >= 0.6 is 22.9 Å². The predicted octanol–water partition coefficient (Wildman–Crippen LogP) is 3.70. The fraction of sp³-hybridized carbons (Fsp3) is 0.250. The molecule has 0 aliphatic heterocycles. The predicted molar refractivity (Wildman–Crippen MR) is 67.8 cm³/mol. The Kier molecular flexibility index (Phi) is 3.93. The van der Waals surface area contributed by atoms with Crippen LogP contribution in [0.3, 0.4) is 0 Å². The van der Waals surface area contributed by atoms with Gasteiger partial charge in [0.05, 0.1) is 18.2 Å². The summed E-state index contributed by atoms with van der Waals surface area (Å²) in [5.41, 5.74) is 3.21. The molecule has 0 saturated heterocycles. The van der Waals surface area contributed by atoms with E-state index in [1.165, 1.54) is 0 Å². The quantitative estimate of drug-likeness (QED) is 0.776. The molecule has 4 heteroatoms. The van der Waals surface area contributed by atoms with Crippen LogP contribution < -0.4 is 0 Å². The Morgan fingerprint density at radius 1 is 1.44 bits per heavy atom. The summed E-state index contributed by atoms with van der Waals surface area (Å²) in [6.07, 6.45) is 0. The first kappa shape index (κ1) is 11.6. The Balaban J connectivity index is 2.28. The van der Waals surface area contributed by atoms with Crippen molar-refractivity contribution in [3.8, 4) is 10.6 Å². The first-order valence-electron chi connectivity index (χ1n) is 4.92. The maximum absolute atomic E-state index is 5.73. The minimum Gasteiger partial charge on any atom is -0.380 e. The van der Waals surface area contributed by atoms with E-state index in [-0.39, 0.29) is 0 Å². The summed E-state index contributed by atoms with van der Waals surface area (Å²) in [5, 5.41) is 3.00. The Hall–Kier alpha value is -0.900. The van der Waals surface area contributed by atoms with E-state index in [4.69, 9.17) is 16.3 Å². The maximum atomic E-state index is 5.73. The van der Waals surface area contributed by atoms with Gasteiger partial charge in [-0.2, -0.15) is 0 Å². The smallest absolute Gasteiger partial charge is 0.123 e. The van der Waals surface area contributed by atoms with Crippen molar-refractivity contribution in [1.82, 2.24) is 4.98 Å². The standard InChI is InChI=1S/C12H12ClNOS/c1-15-7-9-3-2-4-10(5-9)12-14-11(6-13)8-16-12/h2-5,8H,6-7H2,1H3. The van der Waals surface area contributed by atoms with Crippen LogP contribution in [0.4, 0.5) is 0 Å². The SMILES string of the molecule is COCc1cccc(-c2nc(CCl)cs2)c1. The summed E-state index contributed by atoms with van der Waals surface area (Å²) in [5.74, 6) is 0.467. The van der Waals surface area contributed by atoms with E-state index >= 15 is 0 Å². The van der Waals surface area contributed by atoms with Crippen molar-refractivity contribution in [3.63, 3.8) is 0 Å². The van der Waals surface area contributed by atoms with E-state index in [9.17, 15) is 0 Å². The van der Waals surface area contributed by atoms with E-state index in [2.05, 4.69) is 17.1 Å². The van der Waals surface area contributed by atoms with Gasteiger partial charge in [-0.15, -0.1) is 22.9 Å². The molecule has 1 aromatic heterocycles. The van der Waals surface area contributed by atoms with E-state index in [1.54, 1.807) is 18.4 Å². The van der Waals surface area contributed by atoms with E-state index in [0.29, 0.717) is 12.5 Å². The molecule has 0 unspecified atom stereocenters. The van der Waals surface area contributed by atoms with Crippen LogP contribution in [0.5, 0.6) is 0 Å². The maximum Gasteiger partial charge on any atom is 0.123 e. The van der Waals surface area contributed by atoms with Crippen molar-refractivity contribution < 1.29 is 4.74 Å². The Morgan fingerprint density at radius 2 is 2.31 bits per heavy atom. The molecule has 0 aliphatic carbocycles. The van der Waals surface area contributed by atoms with Crippen molar-refractivity contribution in [2.24, 2.45) is 0 Å². The molecule has 0 amide bonds. The van der Waals surface area contributed by atoms with Gasteiger partial charge in [0, 0.05) is 18.1 Å². The normalized spacial score (nSPS) is 10.6. The second-order valence-electron chi connectivity index (χ2n) is 3.41. The minimum absolute atomic E-state index is 0.467. The highest BCUT2D eigenvalue weighted by Crippen LogP contribution is 2.25. The molecule has 2 nitrogen and oxygen atoms in total. The summed E-state index contributed by atoms with van der Waals surface area (Å²) in [6.45, 7) is 0.627. The molecule has 0 aliphatic rings. The zero-order chi connectivity index (χ0) is 11.4. The van der Waals surface area contributed by atoms with Gasteiger partial charge >= 0.3 is 0 Å². The second kappa shape index (κ2) is 5.43. The zero-order valence-electron chi connectivity index (χ0n) is 8.94. The second-order valence-corrected chi connectivity index (χ2v) is 4.54. The molecular weight excluding hydrogens is 242 g/mol. The number of alkyl halides is 1. The van der Waals surface area contributed by atoms with Crippen LogP contribution in [0, 0.1) is 0 Å². The van der Waals surface area contributed by atoms with Crippen molar-refractivity contribution in [3.05, 3.63) is 40.9 Å². The number of methoxy groups -OCH3 is 1. The summed E-state index contributed by atoms with van der Waals surface area (Å²) in [7, 11) is 1.70. The lowest BCUT2D eigenvalue weighted by Crippen LogP contribution is -1.87. The summed E-state index contributed by atoms with van der Waals surface area (Å²) >= 11 is 7.35. The van der Waals surface area contributed by atoms with Crippen molar-refractivity contribution in [1.29, 1.82) is 0 Å². The number of ether oxygens (including phenoxy) is 1. The monoisotopic (exact) mass is 253 g/mol. The highest BCUT2D eigenvalue weighted by molar-refractivity contribution is 7.13. The van der Waals surface area contributed by atoms with Crippen molar-refractivity contribution >= 4 is 22.9 Å². The average molecular weight is 254 g/mol. The average Bonchev–Trinajstić information content (AvgIpc) is 2.78. The molecule has 0 bridgehead atoms. The van der Waals surface area contributed by atoms with Crippen LogP contribution in [0.25, 0.3) is 10.6 Å². The fourth-order valence-corrected chi connectivity index (χ4v) is 2.51. The number of halogens is 1. The van der Waals surface area contributed by atoms with Crippen LogP contribution in [-0.4, -0.2) is 12.1 Å². The van der Waals surface area contributed by atoms with Crippen molar-refractivity contribution in [2.75, 3.05) is 7.11 Å². The van der Waals surface area contributed by atoms with E-state index < -0.39 is 0 Å². The molecule has 2 aromatic rings. The van der Waals surface area contributed by atoms with Gasteiger partial charge in [-0.25, -0.2) is 4.98 Å². The molecule has 0 fully saturated rings. The third-order valence-electron chi connectivity index (χ3n) is 2.17. The Bertz CT molecular complexity index is 470. The fourth-order valence-electron chi connectivity index (χ4n) is 1.46. The van der Waals surface area contributed by atoms with Gasteiger partial charge in [0.2, 0.25) is 0 Å². The highest BCUT2D eigenvalue weighted by Gasteiger charge is 2.04. The molecule has 2 rings (SSSR count). The molecule has 84 valence electrons. The molecular formula is C12H12ClNOS. The molecule has 0 spiro atoms. The van der Waals surface area contributed by atoms with E-state index in [0.717, 1.165) is 21.8 Å². The van der Waals surface area contributed by atoms with E-state index in [1.807, 2.05) is 17.5 Å². The number of rotatable bonds is 4. The molecule has 16 heavy (non-hydrogen) atoms. The third-order valence-corrected chi connectivity index (χ3v) is 3.39. The van der Waals surface area contributed by atoms with Gasteiger partial charge in [-0.05, 0) is 11.6 Å². The summed E-state index contributed by atoms with van der Waals surface area (Å²) in [4.78, 5) is 4.45. The lowest BCUT2D eigenvalue weighted by Gasteiger charge is -2.01. The Labute approximate surface area is 104 Å². The lowest BCUT2D eigenvalue weighted by molar-refractivity contribution is 0.185. The van der Waals surface area contributed by atoms with Gasteiger partial charge in [-0.3, -0.25) is 0 Å². The number of benzene rings is 1. The number of aromatic nitrogens is 1. The first-order valence-corrected chi connectivity index (χ1v) is 6.33. The Morgan fingerprint density at radius 3 is 3.00 bits per heavy atom. The van der Waals surface area contributed by atoms with Crippen LogP contribution in [0.2, 0.25) is 0 Å². The summed E-state index contributed by atoms with van der Waals surface area (Å²) in [6, 6.07) is 8.21. The molecule has 1 aromatic carbocycles. The lowest BCUT2D eigenvalue weighted by atomic mass is 10.1. The molecule has 0 saturated carbocycles. The van der Waals surface area contributed by atoms with Crippen LogP contribution in [-0.2, 0) is 17.2 Å². The third kappa shape index (κ3) is 2.61. The number of thiazole rings is 1. The minimum atomic E-state index is 0.467. The summed E-state index contributed by atoms with van der Waals surface area (Å²) < 4.78 is 5.11. The number of nitrogens with zero attached hydrogens (tertiary/aromatic N) is 1.